The molecule has 0 saturated carbocycles. The summed E-state index contributed by atoms with van der Waals surface area (Å²) in [7, 11) is 0. The fourth-order valence-corrected chi connectivity index (χ4v) is 3.87. The average molecular weight is 358 g/mol. The molecule has 0 radical (unpaired) electrons. The van der Waals surface area contributed by atoms with Crippen LogP contribution in [0.4, 0.5) is 5.82 Å². The number of para-hydroxylation sites is 1. The molecule has 1 aromatic carbocycles. The third-order valence-corrected chi connectivity index (χ3v) is 5.35. The summed E-state index contributed by atoms with van der Waals surface area (Å²) in [5.41, 5.74) is 4.33. The van der Waals surface area contributed by atoms with E-state index in [1.807, 2.05) is 18.3 Å². The molecule has 6 heteroatoms. The van der Waals surface area contributed by atoms with E-state index in [9.17, 15) is 0 Å². The fraction of sp³-hybridized carbons (Fsp3) is 0.286. The number of nitrogens with zero attached hydrogens (tertiary/aromatic N) is 5. The Balaban J connectivity index is 1.31. The summed E-state index contributed by atoms with van der Waals surface area (Å²) in [6, 6.07) is 14.4. The molecule has 1 N–H and O–H groups in total. The Morgan fingerprint density at radius 1 is 0.889 bits per heavy atom. The van der Waals surface area contributed by atoms with Gasteiger partial charge in [0.05, 0.1) is 0 Å². The van der Waals surface area contributed by atoms with E-state index in [1.165, 1.54) is 0 Å². The molecule has 4 aromatic rings. The van der Waals surface area contributed by atoms with Gasteiger partial charge in [-0.3, -0.25) is 9.88 Å². The maximum atomic E-state index is 4.60. The van der Waals surface area contributed by atoms with Gasteiger partial charge in [0.25, 0.3) is 0 Å². The highest BCUT2D eigenvalue weighted by molar-refractivity contribution is 6.08. The van der Waals surface area contributed by atoms with Crippen molar-refractivity contribution in [3.8, 4) is 0 Å². The number of anilines is 1. The molecule has 136 valence electrons. The molecular weight excluding hydrogens is 336 g/mol. The van der Waals surface area contributed by atoms with E-state index in [0.717, 1.165) is 72.6 Å². The van der Waals surface area contributed by atoms with Crippen molar-refractivity contribution in [3.05, 3.63) is 60.7 Å². The predicted octanol–water partition coefficient (Wildman–Crippen LogP) is 2.87. The second kappa shape index (κ2) is 6.96. The lowest BCUT2D eigenvalue weighted by atomic mass is 10.2. The van der Waals surface area contributed by atoms with Crippen LogP contribution in [0.2, 0.25) is 0 Å². The zero-order valence-corrected chi connectivity index (χ0v) is 15.2. The molecule has 0 unspecified atom stereocenters. The van der Waals surface area contributed by atoms with Crippen LogP contribution in [0.1, 0.15) is 5.69 Å². The monoisotopic (exact) mass is 358 g/mol. The van der Waals surface area contributed by atoms with Gasteiger partial charge in [-0.2, -0.15) is 0 Å². The van der Waals surface area contributed by atoms with E-state index in [1.54, 1.807) is 6.33 Å². The van der Waals surface area contributed by atoms with Gasteiger partial charge in [0, 0.05) is 61.9 Å². The summed E-state index contributed by atoms with van der Waals surface area (Å²) in [6.07, 6.45) is 4.56. The summed E-state index contributed by atoms with van der Waals surface area (Å²) < 4.78 is 0. The van der Waals surface area contributed by atoms with Crippen molar-refractivity contribution < 1.29 is 0 Å². The van der Waals surface area contributed by atoms with Gasteiger partial charge in [-0.1, -0.05) is 24.3 Å². The molecular formula is C21H22N6. The third kappa shape index (κ3) is 3.13. The van der Waals surface area contributed by atoms with Crippen LogP contribution in [0.25, 0.3) is 21.9 Å². The first-order valence-corrected chi connectivity index (χ1v) is 9.47. The summed E-state index contributed by atoms with van der Waals surface area (Å²) >= 11 is 0. The quantitative estimate of drug-likeness (QED) is 0.608. The first-order chi connectivity index (χ1) is 13.4. The average Bonchev–Trinajstić information content (AvgIpc) is 3.12. The van der Waals surface area contributed by atoms with Gasteiger partial charge in [-0.15, -0.1) is 0 Å². The Morgan fingerprint density at radius 2 is 1.74 bits per heavy atom. The van der Waals surface area contributed by atoms with Crippen molar-refractivity contribution in [2.45, 2.75) is 6.42 Å². The van der Waals surface area contributed by atoms with Crippen LogP contribution in [-0.4, -0.2) is 57.6 Å². The lowest BCUT2D eigenvalue weighted by Crippen LogP contribution is -2.47. The van der Waals surface area contributed by atoms with Gasteiger partial charge < -0.3 is 9.88 Å². The molecule has 0 amide bonds. The number of H-pyrrole nitrogens is 1. The molecule has 1 aliphatic rings. The first-order valence-electron chi connectivity index (χ1n) is 9.47. The molecule has 0 bridgehead atoms. The van der Waals surface area contributed by atoms with Crippen LogP contribution >= 0.6 is 0 Å². The molecule has 0 spiro atoms. The van der Waals surface area contributed by atoms with Crippen LogP contribution < -0.4 is 4.90 Å². The standard InChI is InChI=1S/C21H22N6/c1-2-7-18-17(6-1)19-20(25-18)21(24-15-23-19)27-13-11-26(12-14-27)10-8-16-5-3-4-9-22-16/h1-7,9,15,25H,8,10-14H2. The number of rotatable bonds is 4. The van der Waals surface area contributed by atoms with Crippen molar-refractivity contribution in [1.29, 1.82) is 0 Å². The number of pyridine rings is 1. The number of hydrogen-bond acceptors (Lipinski definition) is 5. The number of aromatic amines is 1. The van der Waals surface area contributed by atoms with Crippen LogP contribution in [-0.2, 0) is 6.42 Å². The van der Waals surface area contributed by atoms with Gasteiger partial charge in [-0.05, 0) is 18.2 Å². The number of benzene rings is 1. The SMILES string of the molecule is c1ccc(CCN2CCN(c3ncnc4c3[nH]c3ccccc34)CC2)nc1. The lowest BCUT2D eigenvalue weighted by molar-refractivity contribution is 0.260. The topological polar surface area (TPSA) is 60.9 Å². The van der Waals surface area contributed by atoms with Gasteiger partial charge in [-0.25, -0.2) is 9.97 Å². The molecule has 1 fully saturated rings. The number of hydrogen-bond donors (Lipinski definition) is 1. The Hall–Kier alpha value is -2.99. The Kier molecular flexibility index (Phi) is 4.18. The van der Waals surface area contributed by atoms with Crippen molar-refractivity contribution >= 4 is 27.8 Å². The summed E-state index contributed by atoms with van der Waals surface area (Å²) in [5, 5.41) is 1.16. The minimum Gasteiger partial charge on any atom is -0.352 e. The number of aromatic nitrogens is 4. The minimum atomic E-state index is 0.976. The highest BCUT2D eigenvalue weighted by Crippen LogP contribution is 2.29. The molecule has 1 aliphatic heterocycles. The molecule has 6 nitrogen and oxygen atoms in total. The molecule has 4 heterocycles. The molecule has 3 aromatic heterocycles. The van der Waals surface area contributed by atoms with Gasteiger partial charge in [0.15, 0.2) is 5.82 Å². The van der Waals surface area contributed by atoms with E-state index in [4.69, 9.17) is 0 Å². The number of fused-ring (bicyclic) bond motifs is 3. The highest BCUT2D eigenvalue weighted by atomic mass is 15.3. The van der Waals surface area contributed by atoms with Crippen LogP contribution in [0.15, 0.2) is 55.0 Å². The Morgan fingerprint density at radius 3 is 2.59 bits per heavy atom. The second-order valence-corrected chi connectivity index (χ2v) is 6.99. The zero-order valence-electron chi connectivity index (χ0n) is 15.2. The Labute approximate surface area is 157 Å². The van der Waals surface area contributed by atoms with Crippen molar-refractivity contribution in [3.63, 3.8) is 0 Å². The van der Waals surface area contributed by atoms with Gasteiger partial charge >= 0.3 is 0 Å². The van der Waals surface area contributed by atoms with Gasteiger partial charge in [0.2, 0.25) is 0 Å². The molecule has 0 atom stereocenters. The summed E-state index contributed by atoms with van der Waals surface area (Å²) in [6.45, 7) is 5.08. The molecule has 5 rings (SSSR count). The van der Waals surface area contributed by atoms with E-state index < -0.39 is 0 Å². The van der Waals surface area contributed by atoms with Crippen LogP contribution in [0.5, 0.6) is 0 Å². The second-order valence-electron chi connectivity index (χ2n) is 6.99. The normalized spacial score (nSPS) is 15.6. The van der Waals surface area contributed by atoms with E-state index in [0.29, 0.717) is 0 Å². The van der Waals surface area contributed by atoms with Gasteiger partial charge in [0.1, 0.15) is 17.4 Å². The fourth-order valence-electron chi connectivity index (χ4n) is 3.87. The number of nitrogens with one attached hydrogen (secondary N) is 1. The minimum absolute atomic E-state index is 0.976. The highest BCUT2D eigenvalue weighted by Gasteiger charge is 2.21. The maximum Gasteiger partial charge on any atom is 0.156 e. The molecule has 1 saturated heterocycles. The van der Waals surface area contributed by atoms with Crippen molar-refractivity contribution in [2.75, 3.05) is 37.6 Å². The zero-order chi connectivity index (χ0) is 18.1. The van der Waals surface area contributed by atoms with E-state index >= 15 is 0 Å². The number of piperazine rings is 1. The predicted molar refractivity (Wildman–Crippen MR) is 108 cm³/mol. The van der Waals surface area contributed by atoms with E-state index in [-0.39, 0.29) is 0 Å². The Bertz CT molecular complexity index is 1050. The smallest absolute Gasteiger partial charge is 0.156 e. The third-order valence-electron chi connectivity index (χ3n) is 5.35. The van der Waals surface area contributed by atoms with E-state index in [2.05, 4.69) is 60.1 Å². The van der Waals surface area contributed by atoms with Crippen LogP contribution in [0.3, 0.4) is 0 Å². The molecule has 0 aliphatic carbocycles. The summed E-state index contributed by atoms with van der Waals surface area (Å²) in [5.74, 6) is 1.01. The van der Waals surface area contributed by atoms with Crippen molar-refractivity contribution in [2.24, 2.45) is 0 Å². The lowest BCUT2D eigenvalue weighted by Gasteiger charge is -2.35. The maximum absolute atomic E-state index is 4.60. The van der Waals surface area contributed by atoms with Crippen molar-refractivity contribution in [1.82, 2.24) is 24.8 Å². The van der Waals surface area contributed by atoms with Crippen LogP contribution in [0, 0.1) is 0 Å². The first kappa shape index (κ1) is 16.2. The summed E-state index contributed by atoms with van der Waals surface area (Å²) in [4.78, 5) is 21.9. The largest absolute Gasteiger partial charge is 0.352 e. The molecule has 27 heavy (non-hydrogen) atoms.